The Morgan fingerprint density at radius 1 is 1.30 bits per heavy atom. The Balaban J connectivity index is 2.20. The first-order valence-corrected chi connectivity index (χ1v) is 6.92. The molecule has 0 spiro atoms. The second-order valence-electron chi connectivity index (χ2n) is 4.67. The van der Waals surface area contributed by atoms with Crippen LogP contribution < -0.4 is 0 Å². The molecule has 0 aliphatic rings. The van der Waals surface area contributed by atoms with E-state index in [4.69, 9.17) is 0 Å². The number of hydrogen-bond donors (Lipinski definition) is 1. The third-order valence-electron chi connectivity index (χ3n) is 2.99. The first-order chi connectivity index (χ1) is 9.27. The maximum Gasteiger partial charge on any atom is 0.416 e. The zero-order chi connectivity index (χ0) is 14.9. The van der Waals surface area contributed by atoms with Gasteiger partial charge in [0.15, 0.2) is 0 Å². The molecule has 0 fully saturated rings. The number of rotatable bonds is 3. The molecular weight excluding hydrogens is 287 g/mol. The van der Waals surface area contributed by atoms with Gasteiger partial charge in [-0.2, -0.15) is 13.2 Å². The minimum atomic E-state index is -4.36. The number of nitrogens with zero attached hydrogens (tertiary/aromatic N) is 1. The van der Waals surface area contributed by atoms with Crippen LogP contribution in [0.5, 0.6) is 0 Å². The second-order valence-corrected chi connectivity index (χ2v) is 5.61. The Morgan fingerprint density at radius 2 is 2.00 bits per heavy atom. The van der Waals surface area contributed by atoms with Gasteiger partial charge in [0.1, 0.15) is 0 Å². The topological polar surface area (TPSA) is 33.1 Å². The Bertz CT molecular complexity index is 607. The summed E-state index contributed by atoms with van der Waals surface area (Å²) in [4.78, 5) is 4.24. The van der Waals surface area contributed by atoms with E-state index in [9.17, 15) is 18.3 Å². The van der Waals surface area contributed by atoms with Gasteiger partial charge in [-0.3, -0.25) is 0 Å². The molecule has 1 heterocycles. The van der Waals surface area contributed by atoms with Gasteiger partial charge in [-0.05, 0) is 37.1 Å². The molecule has 0 saturated heterocycles. The van der Waals surface area contributed by atoms with Gasteiger partial charge in [-0.1, -0.05) is 6.07 Å². The van der Waals surface area contributed by atoms with Crippen molar-refractivity contribution in [3.05, 3.63) is 51.0 Å². The molecule has 1 aromatic heterocycles. The van der Waals surface area contributed by atoms with E-state index < -0.39 is 17.8 Å². The van der Waals surface area contributed by atoms with Gasteiger partial charge < -0.3 is 5.11 Å². The molecule has 0 amide bonds. The lowest BCUT2D eigenvalue weighted by molar-refractivity contribution is -0.137. The summed E-state index contributed by atoms with van der Waals surface area (Å²) < 4.78 is 37.7. The van der Waals surface area contributed by atoms with Gasteiger partial charge in [-0.15, -0.1) is 11.3 Å². The predicted molar refractivity (Wildman–Crippen MR) is 71.7 cm³/mol. The molecule has 2 aromatic rings. The smallest absolute Gasteiger partial charge is 0.388 e. The number of aliphatic hydroxyl groups excluding tert-OH is 1. The minimum Gasteiger partial charge on any atom is -0.388 e. The van der Waals surface area contributed by atoms with Crippen LogP contribution in [-0.2, 0) is 12.6 Å². The molecular formula is C14H14F3NOS. The van der Waals surface area contributed by atoms with Gasteiger partial charge in [0.25, 0.3) is 0 Å². The Kier molecular flexibility index (Phi) is 4.15. The summed E-state index contributed by atoms with van der Waals surface area (Å²) in [6.07, 6.45) is -4.89. The van der Waals surface area contributed by atoms with Crippen molar-refractivity contribution >= 4 is 11.3 Å². The van der Waals surface area contributed by atoms with Crippen LogP contribution in [0.3, 0.4) is 0 Å². The summed E-state index contributed by atoms with van der Waals surface area (Å²) in [5.41, 5.74) is 1.11. The van der Waals surface area contributed by atoms with Crippen LogP contribution in [0.2, 0.25) is 0 Å². The summed E-state index contributed by atoms with van der Waals surface area (Å²) in [5.74, 6) is 0. The number of benzene rings is 1. The van der Waals surface area contributed by atoms with Crippen molar-refractivity contribution in [1.82, 2.24) is 4.98 Å². The molecule has 0 radical (unpaired) electrons. The zero-order valence-electron chi connectivity index (χ0n) is 11.0. The van der Waals surface area contributed by atoms with E-state index in [0.717, 1.165) is 22.8 Å². The first-order valence-electron chi connectivity index (χ1n) is 6.04. The van der Waals surface area contributed by atoms with Crippen molar-refractivity contribution < 1.29 is 18.3 Å². The third kappa shape index (κ3) is 3.37. The van der Waals surface area contributed by atoms with Crippen LogP contribution in [-0.4, -0.2) is 10.1 Å². The van der Waals surface area contributed by atoms with Gasteiger partial charge in [-0.25, -0.2) is 4.98 Å². The fraction of sp³-hybridized carbons (Fsp3) is 0.357. The highest BCUT2D eigenvalue weighted by Gasteiger charge is 2.31. The van der Waals surface area contributed by atoms with E-state index >= 15 is 0 Å². The molecule has 0 bridgehead atoms. The summed E-state index contributed by atoms with van der Waals surface area (Å²) >= 11 is 1.43. The van der Waals surface area contributed by atoms with E-state index in [1.165, 1.54) is 17.4 Å². The number of aromatic nitrogens is 1. The molecule has 108 valence electrons. The van der Waals surface area contributed by atoms with Crippen molar-refractivity contribution in [2.75, 3.05) is 0 Å². The van der Waals surface area contributed by atoms with E-state index in [1.807, 2.05) is 12.3 Å². The summed E-state index contributed by atoms with van der Waals surface area (Å²) in [5, 5.41) is 12.8. The van der Waals surface area contributed by atoms with Crippen LogP contribution >= 0.6 is 11.3 Å². The van der Waals surface area contributed by atoms with E-state index in [1.54, 1.807) is 6.92 Å². The lowest BCUT2D eigenvalue weighted by Crippen LogP contribution is -2.08. The van der Waals surface area contributed by atoms with Crippen molar-refractivity contribution in [2.24, 2.45) is 0 Å². The van der Waals surface area contributed by atoms with Crippen molar-refractivity contribution in [3.8, 4) is 0 Å². The largest absolute Gasteiger partial charge is 0.416 e. The standard InChI is InChI=1S/C14H14F3NOS/c1-8-5-10(14(15,16)17)3-4-11(8)12(19)6-13-18-9(2)7-20-13/h3-5,7,12,19H,6H2,1-2H3. The number of aliphatic hydroxyl groups is 1. The Labute approximate surface area is 118 Å². The Morgan fingerprint density at radius 3 is 2.50 bits per heavy atom. The minimum absolute atomic E-state index is 0.310. The second kappa shape index (κ2) is 5.54. The van der Waals surface area contributed by atoms with Crippen LogP contribution in [0, 0.1) is 13.8 Å². The number of thiazole rings is 1. The lowest BCUT2D eigenvalue weighted by Gasteiger charge is -2.15. The van der Waals surface area contributed by atoms with E-state index in [2.05, 4.69) is 4.98 Å². The van der Waals surface area contributed by atoms with E-state index in [-0.39, 0.29) is 0 Å². The number of halogens is 3. The maximum atomic E-state index is 12.6. The highest BCUT2D eigenvalue weighted by molar-refractivity contribution is 7.09. The average molecular weight is 301 g/mol. The zero-order valence-corrected chi connectivity index (χ0v) is 11.8. The first kappa shape index (κ1) is 15.0. The van der Waals surface area contributed by atoms with Crippen LogP contribution in [0.4, 0.5) is 13.2 Å². The van der Waals surface area contributed by atoms with Crippen LogP contribution in [0.15, 0.2) is 23.6 Å². The van der Waals surface area contributed by atoms with Crippen molar-refractivity contribution in [2.45, 2.75) is 32.5 Å². The molecule has 6 heteroatoms. The molecule has 1 N–H and O–H groups in total. The van der Waals surface area contributed by atoms with Gasteiger partial charge >= 0.3 is 6.18 Å². The van der Waals surface area contributed by atoms with Crippen molar-refractivity contribution in [3.63, 3.8) is 0 Å². The highest BCUT2D eigenvalue weighted by atomic mass is 32.1. The number of alkyl halides is 3. The summed E-state index contributed by atoms with van der Waals surface area (Å²) in [6, 6.07) is 3.40. The van der Waals surface area contributed by atoms with Crippen LogP contribution in [0.25, 0.3) is 0 Å². The summed E-state index contributed by atoms with van der Waals surface area (Å²) in [7, 11) is 0. The summed E-state index contributed by atoms with van der Waals surface area (Å²) in [6.45, 7) is 3.43. The fourth-order valence-electron chi connectivity index (χ4n) is 2.00. The molecule has 2 nitrogen and oxygen atoms in total. The number of aryl methyl sites for hydroxylation is 2. The molecule has 1 aromatic carbocycles. The predicted octanol–water partition coefficient (Wildman–Crippen LogP) is 4.05. The molecule has 2 rings (SSSR count). The van der Waals surface area contributed by atoms with Gasteiger partial charge in [0.2, 0.25) is 0 Å². The third-order valence-corrected chi connectivity index (χ3v) is 3.98. The van der Waals surface area contributed by atoms with Gasteiger partial charge in [0, 0.05) is 17.5 Å². The van der Waals surface area contributed by atoms with Crippen LogP contribution in [0.1, 0.15) is 33.5 Å². The highest BCUT2D eigenvalue weighted by Crippen LogP contribution is 2.32. The SMILES string of the molecule is Cc1csc(CC(O)c2ccc(C(F)(F)F)cc2C)n1. The lowest BCUT2D eigenvalue weighted by atomic mass is 9.99. The van der Waals surface area contributed by atoms with E-state index in [0.29, 0.717) is 17.5 Å². The molecule has 1 atom stereocenters. The fourth-order valence-corrected chi connectivity index (χ4v) is 2.81. The van der Waals surface area contributed by atoms with Crippen molar-refractivity contribution in [1.29, 1.82) is 0 Å². The monoisotopic (exact) mass is 301 g/mol. The molecule has 0 saturated carbocycles. The quantitative estimate of drug-likeness (QED) is 0.927. The maximum absolute atomic E-state index is 12.6. The normalized spacial score (nSPS) is 13.5. The Hall–Kier alpha value is -1.40. The number of hydrogen-bond acceptors (Lipinski definition) is 3. The van der Waals surface area contributed by atoms with Gasteiger partial charge in [0.05, 0.1) is 16.7 Å². The average Bonchev–Trinajstić information content (AvgIpc) is 2.73. The molecule has 1 unspecified atom stereocenters. The molecule has 0 aliphatic carbocycles. The molecule has 20 heavy (non-hydrogen) atoms. The molecule has 0 aliphatic heterocycles.